The largest absolute Gasteiger partial charge is 0.379 e. The lowest BCUT2D eigenvalue weighted by molar-refractivity contribution is -0.142. The van der Waals surface area contributed by atoms with E-state index in [1.54, 1.807) is 0 Å². The van der Waals surface area contributed by atoms with Gasteiger partial charge in [-0.3, -0.25) is 0 Å². The van der Waals surface area contributed by atoms with Crippen LogP contribution < -0.4 is 5.32 Å². The van der Waals surface area contributed by atoms with Gasteiger partial charge in [0.05, 0.1) is 18.3 Å². The molecule has 3 heteroatoms. The number of nitrogens with one attached hydrogen (secondary N) is 1. The Balaban J connectivity index is 1.43. The molecule has 3 fully saturated rings. The first-order valence-electron chi connectivity index (χ1n) is 6.85. The quantitative estimate of drug-likeness (QED) is 0.748. The lowest BCUT2D eigenvalue weighted by atomic mass is 9.77. The summed E-state index contributed by atoms with van der Waals surface area (Å²) in [6.07, 6.45) is 9.29. The molecule has 0 aromatic rings. The van der Waals surface area contributed by atoms with Gasteiger partial charge in [-0.25, -0.2) is 0 Å². The molecule has 92 valence electrons. The van der Waals surface area contributed by atoms with Crippen LogP contribution in [0.1, 0.15) is 44.9 Å². The van der Waals surface area contributed by atoms with E-state index in [0.717, 1.165) is 32.2 Å². The Morgan fingerprint density at radius 2 is 2.12 bits per heavy atom. The van der Waals surface area contributed by atoms with E-state index in [1.807, 2.05) is 0 Å². The van der Waals surface area contributed by atoms with Gasteiger partial charge in [-0.05, 0) is 51.5 Å². The minimum atomic E-state index is 0.209. The molecule has 1 unspecified atom stereocenters. The molecule has 2 saturated carbocycles. The highest BCUT2D eigenvalue weighted by Gasteiger charge is 2.40. The van der Waals surface area contributed by atoms with Crippen LogP contribution in [0.3, 0.4) is 0 Å². The van der Waals surface area contributed by atoms with E-state index in [1.165, 1.54) is 38.5 Å². The molecule has 3 nitrogen and oxygen atoms in total. The lowest BCUT2D eigenvalue weighted by Gasteiger charge is -2.43. The molecule has 1 aliphatic heterocycles. The van der Waals surface area contributed by atoms with Crippen molar-refractivity contribution in [1.82, 2.24) is 5.32 Å². The monoisotopic (exact) mass is 225 g/mol. The molecule has 1 N–H and O–H groups in total. The summed E-state index contributed by atoms with van der Waals surface area (Å²) < 4.78 is 11.7. The van der Waals surface area contributed by atoms with Gasteiger partial charge in [-0.1, -0.05) is 0 Å². The Labute approximate surface area is 97.9 Å². The maximum absolute atomic E-state index is 6.27. The van der Waals surface area contributed by atoms with Crippen LogP contribution in [0.15, 0.2) is 0 Å². The Morgan fingerprint density at radius 3 is 2.69 bits per heavy atom. The summed E-state index contributed by atoms with van der Waals surface area (Å²) in [5.41, 5.74) is 0.209. The summed E-state index contributed by atoms with van der Waals surface area (Å²) >= 11 is 0. The van der Waals surface area contributed by atoms with Gasteiger partial charge in [-0.15, -0.1) is 0 Å². The minimum Gasteiger partial charge on any atom is -0.379 e. The molecule has 0 aromatic carbocycles. The average Bonchev–Trinajstić information content (AvgIpc) is 2.90. The average molecular weight is 225 g/mol. The standard InChI is InChI=1S/C13H23NO2/c1-5-13(6-1,7-8-14-11-2-3-11)16-12-4-9-15-10-12/h11-12,14H,1-10H2. The topological polar surface area (TPSA) is 30.5 Å². The van der Waals surface area contributed by atoms with Crippen LogP contribution in [-0.2, 0) is 9.47 Å². The van der Waals surface area contributed by atoms with E-state index in [-0.39, 0.29) is 5.60 Å². The van der Waals surface area contributed by atoms with Crippen LogP contribution in [-0.4, -0.2) is 37.5 Å². The third-order valence-electron chi connectivity index (χ3n) is 4.16. The summed E-state index contributed by atoms with van der Waals surface area (Å²) in [4.78, 5) is 0. The smallest absolute Gasteiger partial charge is 0.0837 e. The molecular formula is C13H23NO2. The maximum atomic E-state index is 6.27. The molecule has 0 bridgehead atoms. The lowest BCUT2D eigenvalue weighted by Crippen LogP contribution is -2.45. The van der Waals surface area contributed by atoms with Crippen molar-refractivity contribution in [3.63, 3.8) is 0 Å². The number of hydrogen-bond acceptors (Lipinski definition) is 3. The highest BCUT2D eigenvalue weighted by molar-refractivity contribution is 4.93. The van der Waals surface area contributed by atoms with Gasteiger partial charge < -0.3 is 14.8 Å². The molecule has 0 spiro atoms. The molecule has 1 heterocycles. The third-order valence-corrected chi connectivity index (χ3v) is 4.16. The Bertz CT molecular complexity index is 230. The molecule has 0 amide bonds. The van der Waals surface area contributed by atoms with Crippen molar-refractivity contribution >= 4 is 0 Å². The zero-order valence-electron chi connectivity index (χ0n) is 10.0. The summed E-state index contributed by atoms with van der Waals surface area (Å²) in [6.45, 7) is 2.84. The van der Waals surface area contributed by atoms with Gasteiger partial charge in [0, 0.05) is 12.6 Å². The van der Waals surface area contributed by atoms with E-state index in [9.17, 15) is 0 Å². The first kappa shape index (κ1) is 11.0. The van der Waals surface area contributed by atoms with Crippen molar-refractivity contribution in [1.29, 1.82) is 0 Å². The second kappa shape index (κ2) is 4.63. The van der Waals surface area contributed by atoms with Crippen molar-refractivity contribution in [3.8, 4) is 0 Å². The molecule has 3 rings (SSSR count). The second-order valence-corrected chi connectivity index (χ2v) is 5.62. The molecule has 3 aliphatic rings. The van der Waals surface area contributed by atoms with Crippen molar-refractivity contribution in [2.45, 2.75) is 62.7 Å². The first-order valence-corrected chi connectivity index (χ1v) is 6.85. The van der Waals surface area contributed by atoms with E-state index in [0.29, 0.717) is 6.10 Å². The summed E-state index contributed by atoms with van der Waals surface area (Å²) in [6, 6.07) is 0.826. The van der Waals surface area contributed by atoms with Gasteiger partial charge in [0.2, 0.25) is 0 Å². The second-order valence-electron chi connectivity index (χ2n) is 5.62. The van der Waals surface area contributed by atoms with Crippen molar-refractivity contribution in [2.75, 3.05) is 19.8 Å². The zero-order valence-corrected chi connectivity index (χ0v) is 10.0. The number of rotatable bonds is 6. The fraction of sp³-hybridized carbons (Fsp3) is 1.00. The van der Waals surface area contributed by atoms with Crippen LogP contribution >= 0.6 is 0 Å². The first-order chi connectivity index (χ1) is 7.86. The van der Waals surface area contributed by atoms with Crippen LogP contribution in [0, 0.1) is 0 Å². The molecule has 16 heavy (non-hydrogen) atoms. The number of hydrogen-bond donors (Lipinski definition) is 1. The van der Waals surface area contributed by atoms with E-state index >= 15 is 0 Å². The maximum Gasteiger partial charge on any atom is 0.0837 e. The van der Waals surface area contributed by atoms with Gasteiger partial charge in [-0.2, -0.15) is 0 Å². The Morgan fingerprint density at radius 1 is 1.25 bits per heavy atom. The highest BCUT2D eigenvalue weighted by atomic mass is 16.6. The van der Waals surface area contributed by atoms with Crippen LogP contribution in [0.25, 0.3) is 0 Å². The van der Waals surface area contributed by atoms with E-state index in [2.05, 4.69) is 5.32 Å². The predicted octanol–water partition coefficient (Wildman–Crippen LogP) is 1.86. The van der Waals surface area contributed by atoms with Crippen LogP contribution in [0.5, 0.6) is 0 Å². The SMILES string of the molecule is C1CC(CCNC2CC2)(OC2CCOC2)C1. The molecule has 1 saturated heterocycles. The highest BCUT2D eigenvalue weighted by Crippen LogP contribution is 2.40. The van der Waals surface area contributed by atoms with E-state index < -0.39 is 0 Å². The third kappa shape index (κ3) is 2.58. The molecule has 0 aromatic heterocycles. The molecular weight excluding hydrogens is 202 g/mol. The Kier molecular flexibility index (Phi) is 3.18. The summed E-state index contributed by atoms with van der Waals surface area (Å²) in [5.74, 6) is 0. The van der Waals surface area contributed by atoms with Crippen LogP contribution in [0.4, 0.5) is 0 Å². The van der Waals surface area contributed by atoms with Gasteiger partial charge >= 0.3 is 0 Å². The molecule has 0 radical (unpaired) electrons. The fourth-order valence-electron chi connectivity index (χ4n) is 2.75. The predicted molar refractivity (Wildman–Crippen MR) is 62.5 cm³/mol. The summed E-state index contributed by atoms with van der Waals surface area (Å²) in [5, 5.41) is 3.59. The van der Waals surface area contributed by atoms with Crippen molar-refractivity contribution < 1.29 is 9.47 Å². The normalized spacial score (nSPS) is 32.6. The van der Waals surface area contributed by atoms with Crippen LogP contribution in [0.2, 0.25) is 0 Å². The van der Waals surface area contributed by atoms with Gasteiger partial charge in [0.15, 0.2) is 0 Å². The molecule has 1 atom stereocenters. The number of ether oxygens (including phenoxy) is 2. The van der Waals surface area contributed by atoms with Gasteiger partial charge in [0.1, 0.15) is 0 Å². The Hall–Kier alpha value is -0.120. The zero-order chi connectivity index (χ0) is 10.8. The van der Waals surface area contributed by atoms with Crippen molar-refractivity contribution in [2.24, 2.45) is 0 Å². The van der Waals surface area contributed by atoms with Gasteiger partial charge in [0.25, 0.3) is 0 Å². The van der Waals surface area contributed by atoms with Crippen molar-refractivity contribution in [3.05, 3.63) is 0 Å². The minimum absolute atomic E-state index is 0.209. The van der Waals surface area contributed by atoms with E-state index in [4.69, 9.17) is 9.47 Å². The molecule has 2 aliphatic carbocycles. The fourth-order valence-corrected chi connectivity index (χ4v) is 2.75. The summed E-state index contributed by atoms with van der Waals surface area (Å²) in [7, 11) is 0.